The van der Waals surface area contributed by atoms with Crippen LogP contribution in [0.2, 0.25) is 0 Å². The Labute approximate surface area is 259 Å². The largest absolute Gasteiger partial charge is 0.481 e. The first kappa shape index (κ1) is 38.9. The highest BCUT2D eigenvalue weighted by atomic mass is 16.6. The van der Waals surface area contributed by atoms with E-state index in [2.05, 4.69) is 13.8 Å². The van der Waals surface area contributed by atoms with Gasteiger partial charge in [-0.05, 0) is 38.5 Å². The van der Waals surface area contributed by atoms with Crippen molar-refractivity contribution in [1.82, 2.24) is 0 Å². The Bertz CT molecular complexity index is 584. The molecule has 0 aromatic heterocycles. The first-order valence-electron chi connectivity index (χ1n) is 18.2. The van der Waals surface area contributed by atoms with Crippen LogP contribution in [-0.2, 0) is 19.1 Å². The average Bonchev–Trinajstić information content (AvgIpc) is 3.89. The molecule has 6 heteroatoms. The molecule has 2 saturated heterocycles. The zero-order chi connectivity index (χ0) is 30.7. The molecule has 0 aromatic rings. The number of aliphatic carboxylic acids is 2. The molecule has 2 N–H and O–H groups in total. The van der Waals surface area contributed by atoms with Crippen LogP contribution in [0.4, 0.5) is 0 Å². The molecule has 42 heavy (non-hydrogen) atoms. The molecule has 0 amide bonds. The van der Waals surface area contributed by atoms with Crippen molar-refractivity contribution < 1.29 is 29.3 Å². The van der Waals surface area contributed by atoms with Gasteiger partial charge >= 0.3 is 11.9 Å². The monoisotopic (exact) mass is 597 g/mol. The number of hydrogen-bond acceptors (Lipinski definition) is 4. The summed E-state index contributed by atoms with van der Waals surface area (Å²) < 4.78 is 11.5. The maximum atomic E-state index is 10.4. The van der Waals surface area contributed by atoms with Gasteiger partial charge in [0.25, 0.3) is 0 Å². The molecular weight excluding hydrogens is 528 g/mol. The molecule has 2 rings (SSSR count). The van der Waals surface area contributed by atoms with E-state index in [1.54, 1.807) is 0 Å². The van der Waals surface area contributed by atoms with E-state index in [-0.39, 0.29) is 0 Å². The number of carbonyl (C=O) groups is 2. The Balaban J connectivity index is 0.000000420. The summed E-state index contributed by atoms with van der Waals surface area (Å²) in [7, 11) is 0. The van der Waals surface area contributed by atoms with Gasteiger partial charge < -0.3 is 19.7 Å². The van der Waals surface area contributed by atoms with E-state index in [0.29, 0.717) is 37.3 Å². The molecule has 0 aromatic carbocycles. The third-order valence-electron chi connectivity index (χ3n) is 8.82. The first-order valence-corrected chi connectivity index (χ1v) is 18.2. The van der Waals surface area contributed by atoms with Gasteiger partial charge in [0, 0.05) is 12.8 Å². The van der Waals surface area contributed by atoms with Crippen LogP contribution in [0.5, 0.6) is 0 Å². The van der Waals surface area contributed by atoms with Crippen LogP contribution < -0.4 is 0 Å². The standard InChI is InChI=1S/2C18H34O3/c2*1-2-3-4-5-7-10-13-16-17(21-16)14-11-8-6-9-12-15-18(19)20/h2*16-17H,2-15H2,1H3,(H,19,20). The first-order chi connectivity index (χ1) is 20.5. The molecule has 2 aliphatic heterocycles. The van der Waals surface area contributed by atoms with E-state index >= 15 is 0 Å². The van der Waals surface area contributed by atoms with Crippen molar-refractivity contribution in [1.29, 1.82) is 0 Å². The lowest BCUT2D eigenvalue weighted by Crippen LogP contribution is -1.95. The van der Waals surface area contributed by atoms with E-state index in [1.807, 2.05) is 0 Å². The summed E-state index contributed by atoms with van der Waals surface area (Å²) in [4.78, 5) is 20.7. The highest BCUT2D eigenvalue weighted by Gasteiger charge is 2.37. The van der Waals surface area contributed by atoms with Gasteiger partial charge in [0.15, 0.2) is 0 Å². The minimum absolute atomic E-state index is 0.325. The summed E-state index contributed by atoms with van der Waals surface area (Å²) in [6.45, 7) is 4.52. The summed E-state index contributed by atoms with van der Waals surface area (Å²) in [6.07, 6.45) is 35.2. The summed E-state index contributed by atoms with van der Waals surface area (Å²) in [5.41, 5.74) is 0. The van der Waals surface area contributed by atoms with Crippen LogP contribution in [-0.4, -0.2) is 46.6 Å². The molecule has 2 aliphatic rings. The molecule has 0 bridgehead atoms. The van der Waals surface area contributed by atoms with Crippen LogP contribution in [0.15, 0.2) is 0 Å². The average molecular weight is 597 g/mol. The fourth-order valence-corrected chi connectivity index (χ4v) is 5.93. The van der Waals surface area contributed by atoms with E-state index < -0.39 is 11.9 Å². The second-order valence-corrected chi connectivity index (χ2v) is 12.9. The third kappa shape index (κ3) is 25.4. The number of unbranched alkanes of at least 4 members (excludes halogenated alkanes) is 18. The third-order valence-corrected chi connectivity index (χ3v) is 8.82. The summed E-state index contributed by atoms with van der Waals surface area (Å²) >= 11 is 0. The minimum atomic E-state index is -0.668. The normalized spacial score (nSPS) is 20.6. The van der Waals surface area contributed by atoms with Crippen molar-refractivity contribution >= 4 is 11.9 Å². The lowest BCUT2D eigenvalue weighted by atomic mass is 10.0. The second kappa shape index (κ2) is 27.4. The molecule has 0 spiro atoms. The van der Waals surface area contributed by atoms with Gasteiger partial charge in [0.2, 0.25) is 0 Å². The maximum Gasteiger partial charge on any atom is 0.303 e. The minimum Gasteiger partial charge on any atom is -0.481 e. The molecule has 4 atom stereocenters. The molecule has 0 saturated carbocycles. The predicted octanol–water partition coefficient (Wildman–Crippen LogP) is 10.6. The summed E-state index contributed by atoms with van der Waals surface area (Å²) in [5, 5.41) is 17.1. The SMILES string of the molecule is CCCCCCCCC1OC1CCCCCCCC(=O)O.CCCCCCCCC1OC1CCCCCCCC(=O)O. The van der Waals surface area contributed by atoms with Crippen molar-refractivity contribution in [3.8, 4) is 0 Å². The highest BCUT2D eigenvalue weighted by Crippen LogP contribution is 2.32. The van der Waals surface area contributed by atoms with Crippen LogP contribution in [0.1, 0.15) is 194 Å². The van der Waals surface area contributed by atoms with Gasteiger partial charge in [0.05, 0.1) is 24.4 Å². The van der Waals surface area contributed by atoms with Crippen LogP contribution >= 0.6 is 0 Å². The molecule has 2 fully saturated rings. The fraction of sp³-hybridized carbons (Fsp3) is 0.944. The van der Waals surface area contributed by atoms with Crippen LogP contribution in [0.25, 0.3) is 0 Å². The molecule has 0 aliphatic carbocycles. The number of rotatable bonds is 30. The Kier molecular flexibility index (Phi) is 25.4. The van der Waals surface area contributed by atoms with Gasteiger partial charge in [-0.1, -0.05) is 142 Å². The Morgan fingerprint density at radius 1 is 0.405 bits per heavy atom. The van der Waals surface area contributed by atoms with Crippen LogP contribution in [0, 0.1) is 0 Å². The Morgan fingerprint density at radius 2 is 0.643 bits per heavy atom. The summed E-state index contributed by atoms with van der Waals surface area (Å²) in [6, 6.07) is 0. The number of carboxylic acids is 2. The maximum absolute atomic E-state index is 10.4. The number of hydrogen-bond donors (Lipinski definition) is 2. The van der Waals surface area contributed by atoms with Crippen molar-refractivity contribution in [3.63, 3.8) is 0 Å². The van der Waals surface area contributed by atoms with Crippen molar-refractivity contribution in [3.05, 3.63) is 0 Å². The molecule has 2 heterocycles. The van der Waals surface area contributed by atoms with Gasteiger partial charge in [-0.3, -0.25) is 9.59 Å². The van der Waals surface area contributed by atoms with Crippen molar-refractivity contribution in [2.24, 2.45) is 0 Å². The van der Waals surface area contributed by atoms with Crippen molar-refractivity contribution in [2.75, 3.05) is 0 Å². The van der Waals surface area contributed by atoms with Gasteiger partial charge in [-0.25, -0.2) is 0 Å². The highest BCUT2D eigenvalue weighted by molar-refractivity contribution is 5.66. The van der Waals surface area contributed by atoms with Gasteiger partial charge in [0.1, 0.15) is 0 Å². The zero-order valence-electron chi connectivity index (χ0n) is 27.6. The van der Waals surface area contributed by atoms with E-state index in [4.69, 9.17) is 19.7 Å². The molecule has 4 unspecified atom stereocenters. The zero-order valence-corrected chi connectivity index (χ0v) is 27.6. The number of epoxide rings is 2. The van der Waals surface area contributed by atoms with Gasteiger partial charge in [-0.2, -0.15) is 0 Å². The fourth-order valence-electron chi connectivity index (χ4n) is 5.93. The van der Waals surface area contributed by atoms with E-state index in [1.165, 1.54) is 141 Å². The van der Waals surface area contributed by atoms with Gasteiger partial charge in [-0.15, -0.1) is 0 Å². The lowest BCUT2D eigenvalue weighted by molar-refractivity contribution is -0.138. The molecular formula is C36H68O6. The molecule has 248 valence electrons. The summed E-state index contributed by atoms with van der Waals surface area (Å²) in [5.74, 6) is -1.34. The molecule has 6 nitrogen and oxygen atoms in total. The lowest BCUT2D eigenvalue weighted by Gasteiger charge is -2.00. The van der Waals surface area contributed by atoms with E-state index in [0.717, 1.165) is 25.7 Å². The quantitative estimate of drug-likeness (QED) is 0.0632. The topological polar surface area (TPSA) is 99.7 Å². The van der Waals surface area contributed by atoms with E-state index in [9.17, 15) is 9.59 Å². The number of ether oxygens (including phenoxy) is 2. The predicted molar refractivity (Wildman–Crippen MR) is 173 cm³/mol. The number of carboxylic acid groups (broad SMARTS) is 2. The molecule has 0 radical (unpaired) electrons. The smallest absolute Gasteiger partial charge is 0.303 e. The second-order valence-electron chi connectivity index (χ2n) is 12.9. The van der Waals surface area contributed by atoms with Crippen molar-refractivity contribution in [2.45, 2.75) is 218 Å². The van der Waals surface area contributed by atoms with Crippen LogP contribution in [0.3, 0.4) is 0 Å². The Hall–Kier alpha value is -1.14. The Morgan fingerprint density at radius 3 is 0.905 bits per heavy atom.